The van der Waals surface area contributed by atoms with Gasteiger partial charge < -0.3 is 14.4 Å². The van der Waals surface area contributed by atoms with Gasteiger partial charge in [-0.1, -0.05) is 23.7 Å². The highest BCUT2D eigenvalue weighted by Gasteiger charge is 2.54. The maximum Gasteiger partial charge on any atom is 0.223 e. The van der Waals surface area contributed by atoms with Crippen LogP contribution in [0.4, 0.5) is 0 Å². The molecule has 1 aromatic rings. The largest absolute Gasteiger partial charge is 0.384 e. The van der Waals surface area contributed by atoms with Crippen LogP contribution in [0.25, 0.3) is 0 Å². The molecule has 2 saturated heterocycles. The van der Waals surface area contributed by atoms with Crippen molar-refractivity contribution in [1.82, 2.24) is 4.90 Å². The summed E-state index contributed by atoms with van der Waals surface area (Å²) in [5, 5.41) is 0.724. The van der Waals surface area contributed by atoms with E-state index >= 15 is 0 Å². The first-order chi connectivity index (χ1) is 10.6. The van der Waals surface area contributed by atoms with Crippen LogP contribution in [0.1, 0.15) is 18.4 Å². The number of benzene rings is 1. The van der Waals surface area contributed by atoms with Crippen molar-refractivity contribution >= 4 is 17.5 Å². The number of hydrogen-bond acceptors (Lipinski definition) is 3. The van der Waals surface area contributed by atoms with Gasteiger partial charge in [0, 0.05) is 31.1 Å². The maximum absolute atomic E-state index is 12.3. The Kier molecular flexibility index (Phi) is 4.71. The molecule has 0 N–H and O–H groups in total. The molecule has 1 atom stereocenters. The third-order valence-corrected chi connectivity index (χ3v) is 5.03. The van der Waals surface area contributed by atoms with Crippen LogP contribution in [0.5, 0.6) is 0 Å². The molecule has 0 saturated carbocycles. The van der Waals surface area contributed by atoms with Crippen LogP contribution < -0.4 is 0 Å². The highest BCUT2D eigenvalue weighted by atomic mass is 35.5. The summed E-state index contributed by atoms with van der Waals surface area (Å²) >= 11 is 5.87. The fraction of sp³-hybridized carbons (Fsp3) is 0.588. The van der Waals surface area contributed by atoms with E-state index in [1.165, 1.54) is 0 Å². The second kappa shape index (κ2) is 6.57. The van der Waals surface area contributed by atoms with E-state index in [4.69, 9.17) is 21.1 Å². The number of carbonyl (C=O) groups excluding carboxylic acids is 1. The van der Waals surface area contributed by atoms with Crippen molar-refractivity contribution in [2.75, 3.05) is 33.4 Å². The van der Waals surface area contributed by atoms with E-state index in [9.17, 15) is 4.79 Å². The summed E-state index contributed by atoms with van der Waals surface area (Å²) in [6.45, 7) is 2.91. The van der Waals surface area contributed by atoms with Crippen molar-refractivity contribution in [3.05, 3.63) is 34.9 Å². The standard InChI is InChI=1S/C17H22ClNO3/c1-21-10-14-8-9-22-17(14)11-19(12-17)16(20)7-4-13-2-5-15(18)6-3-13/h2-3,5-6,14H,4,7-12H2,1H3/t14-/m0/s1. The van der Waals surface area contributed by atoms with Crippen molar-refractivity contribution < 1.29 is 14.3 Å². The molecule has 22 heavy (non-hydrogen) atoms. The van der Waals surface area contributed by atoms with Gasteiger partial charge in [-0.3, -0.25) is 4.79 Å². The predicted molar refractivity (Wildman–Crippen MR) is 85.0 cm³/mol. The van der Waals surface area contributed by atoms with Crippen LogP contribution in [0.15, 0.2) is 24.3 Å². The van der Waals surface area contributed by atoms with Crippen LogP contribution in [-0.4, -0.2) is 49.8 Å². The lowest BCUT2D eigenvalue weighted by Crippen LogP contribution is -2.66. The minimum absolute atomic E-state index is 0.147. The molecule has 2 aliphatic heterocycles. The minimum Gasteiger partial charge on any atom is -0.384 e. The lowest BCUT2D eigenvalue weighted by Gasteiger charge is -2.50. The van der Waals surface area contributed by atoms with Gasteiger partial charge in [0.2, 0.25) is 5.91 Å². The van der Waals surface area contributed by atoms with Crippen molar-refractivity contribution in [3.8, 4) is 0 Å². The van der Waals surface area contributed by atoms with Gasteiger partial charge in [-0.05, 0) is 30.5 Å². The molecule has 0 unspecified atom stereocenters. The number of likely N-dealkylation sites (tertiary alicyclic amines) is 1. The Balaban J connectivity index is 1.48. The number of methoxy groups -OCH3 is 1. The zero-order chi connectivity index (χ0) is 15.6. The first-order valence-corrected chi connectivity index (χ1v) is 8.16. The van der Waals surface area contributed by atoms with E-state index in [0.29, 0.717) is 32.0 Å². The molecule has 2 heterocycles. The van der Waals surface area contributed by atoms with E-state index < -0.39 is 0 Å². The molecular weight excluding hydrogens is 302 g/mol. The zero-order valence-corrected chi connectivity index (χ0v) is 13.6. The molecule has 0 bridgehead atoms. The lowest BCUT2D eigenvalue weighted by molar-refractivity contribution is -0.168. The summed E-state index contributed by atoms with van der Waals surface area (Å²) in [7, 11) is 1.72. The van der Waals surface area contributed by atoms with Gasteiger partial charge in [-0.2, -0.15) is 0 Å². The van der Waals surface area contributed by atoms with Gasteiger partial charge in [0.25, 0.3) is 0 Å². The molecule has 4 nitrogen and oxygen atoms in total. The lowest BCUT2D eigenvalue weighted by atomic mass is 9.81. The van der Waals surface area contributed by atoms with Crippen LogP contribution in [0, 0.1) is 5.92 Å². The number of amides is 1. The molecule has 2 fully saturated rings. The first kappa shape index (κ1) is 15.8. The highest BCUT2D eigenvalue weighted by Crippen LogP contribution is 2.40. The number of hydrogen-bond donors (Lipinski definition) is 0. The van der Waals surface area contributed by atoms with Crippen LogP contribution in [0.3, 0.4) is 0 Å². The predicted octanol–water partition coefficient (Wildman–Crippen LogP) is 2.54. The summed E-state index contributed by atoms with van der Waals surface area (Å²) in [6, 6.07) is 7.67. The topological polar surface area (TPSA) is 38.8 Å². The Morgan fingerprint density at radius 3 is 2.82 bits per heavy atom. The van der Waals surface area contributed by atoms with E-state index in [0.717, 1.165) is 30.0 Å². The normalized spacial score (nSPS) is 22.8. The Morgan fingerprint density at radius 1 is 1.41 bits per heavy atom. The number of carbonyl (C=O) groups is 1. The molecule has 0 aromatic heterocycles. The Labute approximate surface area is 136 Å². The zero-order valence-electron chi connectivity index (χ0n) is 12.9. The van der Waals surface area contributed by atoms with Gasteiger partial charge in [-0.15, -0.1) is 0 Å². The van der Waals surface area contributed by atoms with Gasteiger partial charge in [0.15, 0.2) is 0 Å². The monoisotopic (exact) mass is 323 g/mol. The van der Waals surface area contributed by atoms with E-state index in [1.807, 2.05) is 29.2 Å². The Bertz CT molecular complexity index is 525. The van der Waals surface area contributed by atoms with Gasteiger partial charge in [0.05, 0.1) is 19.7 Å². The quantitative estimate of drug-likeness (QED) is 0.836. The van der Waals surface area contributed by atoms with E-state index in [-0.39, 0.29) is 11.5 Å². The number of halogens is 1. The Morgan fingerprint density at radius 2 is 2.14 bits per heavy atom. The average Bonchev–Trinajstić information content (AvgIpc) is 2.89. The van der Waals surface area contributed by atoms with Crippen LogP contribution >= 0.6 is 11.6 Å². The minimum atomic E-state index is -0.147. The number of ether oxygens (including phenoxy) is 2. The number of rotatable bonds is 5. The van der Waals surface area contributed by atoms with E-state index in [1.54, 1.807) is 7.11 Å². The molecule has 0 aliphatic carbocycles. The van der Waals surface area contributed by atoms with Crippen molar-refractivity contribution in [2.24, 2.45) is 5.92 Å². The fourth-order valence-corrected chi connectivity index (χ4v) is 3.53. The van der Waals surface area contributed by atoms with Gasteiger partial charge in [-0.25, -0.2) is 0 Å². The average molecular weight is 324 g/mol. The molecule has 1 amide bonds. The van der Waals surface area contributed by atoms with Crippen molar-refractivity contribution in [3.63, 3.8) is 0 Å². The summed E-state index contributed by atoms with van der Waals surface area (Å²) in [5.74, 6) is 0.616. The van der Waals surface area contributed by atoms with E-state index in [2.05, 4.69) is 0 Å². The molecule has 3 rings (SSSR count). The molecule has 2 aliphatic rings. The van der Waals surface area contributed by atoms with Crippen molar-refractivity contribution in [1.29, 1.82) is 0 Å². The third-order valence-electron chi connectivity index (χ3n) is 4.78. The SMILES string of the molecule is COC[C@@H]1CCOC12CN(C(=O)CCc1ccc(Cl)cc1)C2. The Hall–Kier alpha value is -1.10. The van der Waals surface area contributed by atoms with Gasteiger partial charge >= 0.3 is 0 Å². The first-order valence-electron chi connectivity index (χ1n) is 7.78. The molecule has 120 valence electrons. The summed E-state index contributed by atoms with van der Waals surface area (Å²) in [4.78, 5) is 14.2. The molecule has 1 spiro atoms. The third kappa shape index (κ3) is 3.14. The summed E-state index contributed by atoms with van der Waals surface area (Å²) < 4.78 is 11.2. The fourth-order valence-electron chi connectivity index (χ4n) is 3.41. The van der Waals surface area contributed by atoms with Crippen LogP contribution in [0.2, 0.25) is 5.02 Å². The number of aryl methyl sites for hydroxylation is 1. The second-order valence-corrected chi connectivity index (χ2v) is 6.67. The summed E-state index contributed by atoms with van der Waals surface area (Å²) in [6.07, 6.45) is 2.31. The molecule has 0 radical (unpaired) electrons. The molecular formula is C17H22ClNO3. The smallest absolute Gasteiger partial charge is 0.223 e. The van der Waals surface area contributed by atoms with Crippen LogP contribution in [-0.2, 0) is 20.7 Å². The highest BCUT2D eigenvalue weighted by molar-refractivity contribution is 6.30. The number of nitrogens with zero attached hydrogens (tertiary/aromatic N) is 1. The van der Waals surface area contributed by atoms with Gasteiger partial charge in [0.1, 0.15) is 5.60 Å². The second-order valence-electron chi connectivity index (χ2n) is 6.23. The maximum atomic E-state index is 12.3. The molecule has 5 heteroatoms. The summed E-state index contributed by atoms with van der Waals surface area (Å²) in [5.41, 5.74) is 0.994. The van der Waals surface area contributed by atoms with Crippen molar-refractivity contribution in [2.45, 2.75) is 24.9 Å². The molecule has 1 aromatic carbocycles.